The summed E-state index contributed by atoms with van der Waals surface area (Å²) >= 11 is 11.8. The van der Waals surface area contributed by atoms with Crippen LogP contribution < -0.4 is 4.72 Å². The molecule has 7 nitrogen and oxygen atoms in total. The maximum atomic E-state index is 12.6. The van der Waals surface area contributed by atoms with E-state index in [0.29, 0.717) is 12.0 Å². The number of amides is 1. The van der Waals surface area contributed by atoms with Crippen molar-refractivity contribution < 1.29 is 23.1 Å². The van der Waals surface area contributed by atoms with Crippen LogP contribution in [0.5, 0.6) is 0 Å². The first-order valence-electron chi connectivity index (χ1n) is 7.28. The summed E-state index contributed by atoms with van der Waals surface area (Å²) in [4.78, 5) is 27.0. The van der Waals surface area contributed by atoms with Crippen LogP contribution in [0.1, 0.15) is 33.3 Å². The van der Waals surface area contributed by atoms with Crippen molar-refractivity contribution in [2.24, 2.45) is 0 Å². The van der Waals surface area contributed by atoms with Crippen molar-refractivity contribution in [2.75, 3.05) is 0 Å². The molecule has 2 aromatic rings. The monoisotopic (exact) mass is 416 g/mol. The van der Waals surface area contributed by atoms with E-state index in [4.69, 9.17) is 28.3 Å². The average molecular weight is 417 g/mol. The molecular weight excluding hydrogens is 403 g/mol. The lowest BCUT2D eigenvalue weighted by Crippen LogP contribution is -2.34. The normalized spacial score (nSPS) is 12.4. The summed E-state index contributed by atoms with van der Waals surface area (Å²) in [6.07, 6.45) is 1.18. The quantitative estimate of drug-likeness (QED) is 0.669. The second-order valence-corrected chi connectivity index (χ2v) is 8.00. The predicted octanol–water partition coefficient (Wildman–Crippen LogP) is 2.27. The molecule has 26 heavy (non-hydrogen) atoms. The van der Waals surface area contributed by atoms with Gasteiger partial charge in [0.15, 0.2) is 0 Å². The molecule has 138 valence electrons. The zero-order valence-corrected chi connectivity index (χ0v) is 15.6. The van der Waals surface area contributed by atoms with E-state index in [1.54, 1.807) is 0 Å². The molecule has 1 atom stereocenters. The fraction of sp³-hybridized carbons (Fsp3) is 0.188. The van der Waals surface area contributed by atoms with Crippen molar-refractivity contribution in [1.82, 2.24) is 9.71 Å². The van der Waals surface area contributed by atoms with Gasteiger partial charge in [0.2, 0.25) is 10.0 Å². The molecule has 0 aliphatic rings. The molecule has 10 heteroatoms. The van der Waals surface area contributed by atoms with Gasteiger partial charge in [-0.05, 0) is 35.9 Å². The molecule has 2 rings (SSSR count). The Kier molecular flexibility index (Phi) is 6.71. The first-order valence-corrected chi connectivity index (χ1v) is 9.58. The molecule has 0 spiro atoms. The summed E-state index contributed by atoms with van der Waals surface area (Å²) in [5.74, 6) is -0.911. The Morgan fingerprint density at radius 2 is 1.88 bits per heavy atom. The van der Waals surface area contributed by atoms with E-state index in [-0.39, 0.29) is 34.2 Å². The average Bonchev–Trinajstić information content (AvgIpc) is 2.58. The fourth-order valence-electron chi connectivity index (χ4n) is 2.20. The molecule has 1 aromatic carbocycles. The highest BCUT2D eigenvalue weighted by atomic mass is 35.5. The molecule has 1 unspecified atom stereocenters. The van der Waals surface area contributed by atoms with Crippen LogP contribution in [-0.2, 0) is 21.4 Å². The van der Waals surface area contributed by atoms with Crippen molar-refractivity contribution in [3.63, 3.8) is 0 Å². The first-order chi connectivity index (χ1) is 12.3. The lowest BCUT2D eigenvalue weighted by Gasteiger charge is -2.17. The summed E-state index contributed by atoms with van der Waals surface area (Å²) in [7, 11) is -4.26. The van der Waals surface area contributed by atoms with Crippen LogP contribution in [-0.4, -0.2) is 30.7 Å². The second kappa shape index (κ2) is 8.59. The van der Waals surface area contributed by atoms with Crippen molar-refractivity contribution in [3.05, 3.63) is 63.4 Å². The lowest BCUT2D eigenvalue weighted by molar-refractivity contribution is -0.107. The summed E-state index contributed by atoms with van der Waals surface area (Å²) in [5.41, 5.74) is 0.500. The number of aldehydes is 1. The number of benzene rings is 1. The van der Waals surface area contributed by atoms with Crippen LogP contribution in [0.3, 0.4) is 0 Å². The van der Waals surface area contributed by atoms with E-state index in [1.165, 1.54) is 30.3 Å². The number of rotatable bonds is 7. The van der Waals surface area contributed by atoms with Gasteiger partial charge >= 0.3 is 0 Å². The van der Waals surface area contributed by atoms with Crippen LogP contribution >= 0.6 is 23.2 Å². The Bertz CT molecular complexity index is 896. The molecule has 0 fully saturated rings. The second-order valence-electron chi connectivity index (χ2n) is 5.27. The number of aromatic nitrogens is 1. The first kappa shape index (κ1) is 20.3. The van der Waals surface area contributed by atoms with Gasteiger partial charge in [-0.15, -0.1) is 0 Å². The van der Waals surface area contributed by atoms with E-state index < -0.39 is 21.2 Å². The van der Waals surface area contributed by atoms with Gasteiger partial charge in [-0.1, -0.05) is 23.2 Å². The van der Waals surface area contributed by atoms with E-state index in [9.17, 15) is 18.0 Å². The molecule has 0 bridgehead atoms. The Balaban J connectivity index is 2.31. The molecule has 0 aliphatic heterocycles. The number of nitrogens with one attached hydrogen (secondary N) is 1. The minimum Gasteiger partial charge on any atom is -0.390 e. The number of carbonyl (C=O) groups is 2. The highest BCUT2D eigenvalue weighted by Crippen LogP contribution is 2.30. The van der Waals surface area contributed by atoms with E-state index in [0.717, 1.165) is 6.20 Å². The van der Waals surface area contributed by atoms with Crippen LogP contribution in [0.25, 0.3) is 0 Å². The third kappa shape index (κ3) is 5.01. The standard InChI is InChI=1S/C16H14Cl2N2O5S/c17-12-5-11(6-13(18)7-12)15(3-4-21)26(24,25)20-16(23)10-1-2-14(9-22)19-8-10/h1-2,4-8,15,22H,3,9H2,(H,20,23). The fourth-order valence-corrected chi connectivity index (χ4v) is 4.09. The van der Waals surface area contributed by atoms with Crippen LogP contribution in [0, 0.1) is 0 Å². The van der Waals surface area contributed by atoms with Gasteiger partial charge < -0.3 is 9.90 Å². The number of aliphatic hydroxyl groups excluding tert-OH is 1. The van der Waals surface area contributed by atoms with Gasteiger partial charge in [0.05, 0.1) is 17.9 Å². The minimum atomic E-state index is -4.26. The highest BCUT2D eigenvalue weighted by molar-refractivity contribution is 7.90. The van der Waals surface area contributed by atoms with Gasteiger partial charge in [0.1, 0.15) is 11.5 Å². The number of sulfonamides is 1. The summed E-state index contributed by atoms with van der Waals surface area (Å²) in [6, 6.07) is 6.87. The van der Waals surface area contributed by atoms with Crippen LogP contribution in [0.2, 0.25) is 10.0 Å². The number of hydrogen-bond acceptors (Lipinski definition) is 6. The molecule has 0 aliphatic carbocycles. The molecule has 2 N–H and O–H groups in total. The van der Waals surface area contributed by atoms with Crippen molar-refractivity contribution in [3.8, 4) is 0 Å². The SMILES string of the molecule is O=CCC(c1cc(Cl)cc(Cl)c1)S(=O)(=O)NC(=O)c1ccc(CO)nc1. The summed E-state index contributed by atoms with van der Waals surface area (Å²) in [5, 5.41) is 8.00. The van der Waals surface area contributed by atoms with E-state index >= 15 is 0 Å². The Morgan fingerprint density at radius 1 is 1.23 bits per heavy atom. The maximum Gasteiger partial charge on any atom is 0.266 e. The van der Waals surface area contributed by atoms with Crippen molar-refractivity contribution >= 4 is 45.4 Å². The summed E-state index contributed by atoms with van der Waals surface area (Å²) in [6.45, 7) is -0.308. The number of pyridine rings is 1. The Hall–Kier alpha value is -2.00. The number of carbonyl (C=O) groups excluding carboxylic acids is 2. The van der Waals surface area contributed by atoms with E-state index in [2.05, 4.69) is 4.98 Å². The molecular formula is C16H14Cl2N2O5S. The van der Waals surface area contributed by atoms with Crippen molar-refractivity contribution in [1.29, 1.82) is 0 Å². The van der Waals surface area contributed by atoms with Crippen LogP contribution in [0.4, 0.5) is 0 Å². The number of nitrogens with zero attached hydrogens (tertiary/aromatic N) is 1. The predicted molar refractivity (Wildman–Crippen MR) is 96.4 cm³/mol. The third-order valence-electron chi connectivity index (χ3n) is 3.43. The maximum absolute atomic E-state index is 12.6. The third-order valence-corrected chi connectivity index (χ3v) is 5.55. The van der Waals surface area contributed by atoms with Gasteiger partial charge in [-0.2, -0.15) is 0 Å². The van der Waals surface area contributed by atoms with Gasteiger partial charge in [-0.3, -0.25) is 9.78 Å². The number of hydrogen-bond donors (Lipinski definition) is 2. The highest BCUT2D eigenvalue weighted by Gasteiger charge is 2.29. The Labute approximate surface area is 160 Å². The smallest absolute Gasteiger partial charge is 0.266 e. The lowest BCUT2D eigenvalue weighted by atomic mass is 10.1. The van der Waals surface area contributed by atoms with E-state index in [1.807, 2.05) is 4.72 Å². The van der Waals surface area contributed by atoms with Gasteiger partial charge in [0.25, 0.3) is 5.91 Å². The molecule has 1 heterocycles. The van der Waals surface area contributed by atoms with Crippen LogP contribution in [0.15, 0.2) is 36.5 Å². The van der Waals surface area contributed by atoms with Gasteiger partial charge in [-0.25, -0.2) is 13.1 Å². The zero-order chi connectivity index (χ0) is 19.3. The summed E-state index contributed by atoms with van der Waals surface area (Å²) < 4.78 is 27.1. The molecule has 0 saturated carbocycles. The topological polar surface area (TPSA) is 113 Å². The molecule has 0 saturated heterocycles. The Morgan fingerprint density at radius 3 is 2.38 bits per heavy atom. The van der Waals surface area contributed by atoms with Gasteiger partial charge in [0, 0.05) is 22.7 Å². The molecule has 1 amide bonds. The zero-order valence-electron chi connectivity index (χ0n) is 13.2. The largest absolute Gasteiger partial charge is 0.390 e. The molecule has 1 aromatic heterocycles. The molecule has 0 radical (unpaired) electrons. The van der Waals surface area contributed by atoms with Crippen molar-refractivity contribution in [2.45, 2.75) is 18.3 Å². The minimum absolute atomic E-state index is 0.0141. The number of halogens is 2. The number of aliphatic hydroxyl groups is 1.